The highest BCUT2D eigenvalue weighted by atomic mass is 35.5. The van der Waals surface area contributed by atoms with Crippen molar-refractivity contribution < 1.29 is 13.9 Å². The fourth-order valence-electron chi connectivity index (χ4n) is 4.05. The smallest absolute Gasteiger partial charge is 0.226 e. The normalized spacial score (nSPS) is 23.7. The van der Waals surface area contributed by atoms with E-state index in [1.807, 2.05) is 29.2 Å². The molecule has 0 spiro atoms. The summed E-state index contributed by atoms with van der Waals surface area (Å²) in [4.78, 5) is 15.2. The number of ether oxygens (including phenoxy) is 1. The first-order valence-electron chi connectivity index (χ1n) is 9.20. The van der Waals surface area contributed by atoms with Crippen LogP contribution in [0.4, 0.5) is 4.39 Å². The minimum Gasteiger partial charge on any atom is -0.496 e. The third-order valence-electron chi connectivity index (χ3n) is 5.50. The zero-order valence-electron chi connectivity index (χ0n) is 15.5. The minimum atomic E-state index is -0.329. The lowest BCUT2D eigenvalue weighted by Crippen LogP contribution is -2.49. The lowest BCUT2D eigenvalue weighted by Gasteiger charge is -2.37. The first kappa shape index (κ1) is 20.9. The molecule has 0 aromatic heterocycles. The summed E-state index contributed by atoms with van der Waals surface area (Å²) < 4.78 is 19.7. The Morgan fingerprint density at radius 2 is 2.04 bits per heavy atom. The average Bonchev–Trinajstić information content (AvgIpc) is 3.47. The van der Waals surface area contributed by atoms with Crippen LogP contribution in [0.5, 0.6) is 5.75 Å². The molecule has 2 fully saturated rings. The Kier molecular flexibility index (Phi) is 6.48. The quantitative estimate of drug-likeness (QED) is 0.799. The summed E-state index contributed by atoms with van der Waals surface area (Å²) >= 11 is 6.19. The summed E-state index contributed by atoms with van der Waals surface area (Å²) in [6, 6.07) is 12.4. The predicted molar refractivity (Wildman–Crippen MR) is 110 cm³/mol. The number of hydrogen-bond donors (Lipinski definition) is 1. The zero-order chi connectivity index (χ0) is 19.0. The highest BCUT2D eigenvalue weighted by Crippen LogP contribution is 2.52. The second-order valence-corrected chi connectivity index (χ2v) is 7.48. The highest BCUT2D eigenvalue weighted by molar-refractivity contribution is 6.31. The number of nitrogens with one attached hydrogen (secondary N) is 1. The van der Waals surface area contributed by atoms with Gasteiger partial charge in [-0.05, 0) is 24.6 Å². The van der Waals surface area contributed by atoms with E-state index in [0.717, 1.165) is 17.9 Å². The molecule has 1 amide bonds. The van der Waals surface area contributed by atoms with Crippen LogP contribution in [0.15, 0.2) is 42.5 Å². The van der Waals surface area contributed by atoms with Crippen molar-refractivity contribution in [1.82, 2.24) is 10.2 Å². The number of halogens is 3. The molecule has 28 heavy (non-hydrogen) atoms. The molecule has 0 radical (unpaired) electrons. The number of rotatable bonds is 4. The summed E-state index contributed by atoms with van der Waals surface area (Å²) in [6.45, 7) is 2.04. The van der Waals surface area contributed by atoms with Gasteiger partial charge in [0.05, 0.1) is 13.2 Å². The van der Waals surface area contributed by atoms with E-state index >= 15 is 0 Å². The maximum absolute atomic E-state index is 14.2. The number of carbonyl (C=O) groups excluding carboxylic acids is 1. The van der Waals surface area contributed by atoms with Crippen LogP contribution in [-0.2, 0) is 4.79 Å². The van der Waals surface area contributed by atoms with Crippen molar-refractivity contribution in [2.75, 3.05) is 26.7 Å². The van der Waals surface area contributed by atoms with Crippen LogP contribution in [0, 0.1) is 11.7 Å². The first-order valence-corrected chi connectivity index (χ1v) is 9.57. The molecule has 1 aliphatic carbocycles. The van der Waals surface area contributed by atoms with Crippen LogP contribution in [0.2, 0.25) is 5.02 Å². The van der Waals surface area contributed by atoms with Crippen LogP contribution in [0.1, 0.15) is 29.5 Å². The molecule has 1 N–H and O–H groups in total. The standard InChI is InChI=1S/C21H22ClFN2O2.ClH/c1-27-19-8-3-2-5-13(19)18-12-24-9-10-25(18)21(26)15-11-14(15)20-16(22)6-4-7-17(20)23;/h2-8,14-15,18,24H,9-12H2,1H3;1H. The van der Waals surface area contributed by atoms with Gasteiger partial charge in [0.1, 0.15) is 11.6 Å². The van der Waals surface area contributed by atoms with Crippen LogP contribution in [0.3, 0.4) is 0 Å². The van der Waals surface area contributed by atoms with Crippen molar-refractivity contribution in [3.05, 3.63) is 64.4 Å². The summed E-state index contributed by atoms with van der Waals surface area (Å²) in [7, 11) is 1.64. The summed E-state index contributed by atoms with van der Waals surface area (Å²) in [5.74, 6) is 0.156. The second-order valence-electron chi connectivity index (χ2n) is 7.08. The molecule has 4 nitrogen and oxygen atoms in total. The van der Waals surface area contributed by atoms with Gasteiger partial charge in [-0.25, -0.2) is 4.39 Å². The zero-order valence-corrected chi connectivity index (χ0v) is 17.1. The number of piperazine rings is 1. The lowest BCUT2D eigenvalue weighted by molar-refractivity contribution is -0.136. The highest BCUT2D eigenvalue weighted by Gasteiger charge is 2.49. The van der Waals surface area contributed by atoms with Crippen LogP contribution >= 0.6 is 24.0 Å². The van der Waals surface area contributed by atoms with E-state index in [9.17, 15) is 9.18 Å². The molecule has 3 unspecified atom stereocenters. The summed E-state index contributed by atoms with van der Waals surface area (Å²) in [5, 5.41) is 3.76. The predicted octanol–water partition coefficient (Wildman–Crippen LogP) is 4.19. The topological polar surface area (TPSA) is 41.6 Å². The monoisotopic (exact) mass is 424 g/mol. The van der Waals surface area contributed by atoms with E-state index in [4.69, 9.17) is 16.3 Å². The van der Waals surface area contributed by atoms with Crippen molar-refractivity contribution >= 4 is 29.9 Å². The molecule has 2 aliphatic rings. The van der Waals surface area contributed by atoms with Gasteiger partial charge in [-0.3, -0.25) is 4.79 Å². The number of nitrogens with zero attached hydrogens (tertiary/aromatic N) is 1. The van der Waals surface area contributed by atoms with Gasteiger partial charge in [0, 0.05) is 47.6 Å². The Bertz CT molecular complexity index is 844. The van der Waals surface area contributed by atoms with Crippen molar-refractivity contribution in [2.45, 2.75) is 18.4 Å². The van der Waals surface area contributed by atoms with Gasteiger partial charge < -0.3 is 15.0 Å². The Balaban J connectivity index is 0.00000225. The Morgan fingerprint density at radius 3 is 2.79 bits per heavy atom. The molecule has 1 saturated carbocycles. The largest absolute Gasteiger partial charge is 0.496 e. The Morgan fingerprint density at radius 1 is 1.25 bits per heavy atom. The number of benzene rings is 2. The maximum atomic E-state index is 14.2. The van der Waals surface area contributed by atoms with Crippen molar-refractivity contribution in [1.29, 1.82) is 0 Å². The van der Waals surface area contributed by atoms with E-state index in [-0.39, 0.29) is 42.0 Å². The van der Waals surface area contributed by atoms with E-state index < -0.39 is 0 Å². The molecule has 4 rings (SSSR count). The molecule has 3 atom stereocenters. The van der Waals surface area contributed by atoms with E-state index in [0.29, 0.717) is 30.1 Å². The third kappa shape index (κ3) is 3.84. The van der Waals surface area contributed by atoms with E-state index in [1.165, 1.54) is 6.07 Å². The van der Waals surface area contributed by atoms with Gasteiger partial charge in [-0.1, -0.05) is 35.9 Å². The fourth-order valence-corrected chi connectivity index (χ4v) is 4.36. The van der Waals surface area contributed by atoms with Crippen molar-refractivity contribution in [3.8, 4) is 5.75 Å². The van der Waals surface area contributed by atoms with Gasteiger partial charge in [0.25, 0.3) is 0 Å². The van der Waals surface area contributed by atoms with Crippen LogP contribution in [0.25, 0.3) is 0 Å². The Hall–Kier alpha value is -1.82. The third-order valence-corrected chi connectivity index (χ3v) is 5.83. The summed E-state index contributed by atoms with van der Waals surface area (Å²) in [6.07, 6.45) is 0.641. The van der Waals surface area contributed by atoms with Crippen molar-refractivity contribution in [2.24, 2.45) is 5.92 Å². The van der Waals surface area contributed by atoms with Gasteiger partial charge in [0.2, 0.25) is 5.91 Å². The van der Waals surface area contributed by atoms with Crippen LogP contribution < -0.4 is 10.1 Å². The van der Waals surface area contributed by atoms with Gasteiger partial charge >= 0.3 is 0 Å². The molecule has 1 saturated heterocycles. The number of amides is 1. The summed E-state index contributed by atoms with van der Waals surface area (Å²) in [5.41, 5.74) is 1.46. The SMILES string of the molecule is COc1ccccc1C1CNCCN1C(=O)C1CC1c1c(F)cccc1Cl.Cl. The minimum absolute atomic E-state index is 0. The molecular weight excluding hydrogens is 402 g/mol. The van der Waals surface area contributed by atoms with Crippen molar-refractivity contribution in [3.63, 3.8) is 0 Å². The lowest BCUT2D eigenvalue weighted by atomic mass is 10.0. The van der Waals surface area contributed by atoms with Crippen LogP contribution in [-0.4, -0.2) is 37.6 Å². The molecule has 1 heterocycles. The van der Waals surface area contributed by atoms with Gasteiger partial charge in [-0.15, -0.1) is 12.4 Å². The molecule has 150 valence electrons. The first-order chi connectivity index (χ1) is 13.1. The fraction of sp³-hybridized carbons (Fsp3) is 0.381. The second kappa shape index (κ2) is 8.68. The molecule has 7 heteroatoms. The molecule has 2 aromatic rings. The molecule has 2 aromatic carbocycles. The van der Waals surface area contributed by atoms with Gasteiger partial charge in [0.15, 0.2) is 0 Å². The molecule has 0 bridgehead atoms. The maximum Gasteiger partial charge on any atom is 0.226 e. The number of hydrogen-bond acceptors (Lipinski definition) is 3. The number of methoxy groups -OCH3 is 1. The average molecular weight is 425 g/mol. The van der Waals surface area contributed by atoms with Gasteiger partial charge in [-0.2, -0.15) is 0 Å². The van der Waals surface area contributed by atoms with E-state index in [1.54, 1.807) is 19.2 Å². The van der Waals surface area contributed by atoms with E-state index in [2.05, 4.69) is 5.32 Å². The Labute approximate surface area is 175 Å². The molecule has 1 aliphatic heterocycles. The number of para-hydroxylation sites is 1. The molecular formula is C21H23Cl2FN2O2. The number of carbonyl (C=O) groups is 1.